The zero-order valence-corrected chi connectivity index (χ0v) is 12.3. The Morgan fingerprint density at radius 2 is 1.89 bits per heavy atom. The molecule has 102 valence electrons. The Morgan fingerprint density at radius 3 is 2.58 bits per heavy atom. The van der Waals surface area contributed by atoms with Crippen molar-refractivity contribution in [2.24, 2.45) is 0 Å². The fraction of sp³-hybridized carbons (Fsp3) is 0.412. The highest BCUT2D eigenvalue weighted by atomic mass is 16.5. The van der Waals surface area contributed by atoms with E-state index in [0.29, 0.717) is 6.04 Å². The minimum absolute atomic E-state index is 0.580. The normalized spacial score (nSPS) is 11.5. The highest BCUT2D eigenvalue weighted by Gasteiger charge is 2.07. The summed E-state index contributed by atoms with van der Waals surface area (Å²) >= 11 is 0. The van der Waals surface area contributed by atoms with Crippen LogP contribution in [-0.2, 0) is 6.42 Å². The quantitative estimate of drug-likeness (QED) is 0.809. The molecule has 0 spiro atoms. The monoisotopic (exact) mass is 257 g/mol. The maximum absolute atomic E-state index is 5.40. The first-order chi connectivity index (χ1) is 9.11. The summed E-state index contributed by atoms with van der Waals surface area (Å²) < 4.78 is 5.40. The molecule has 0 fully saturated rings. The Kier molecular flexibility index (Phi) is 4.43. The van der Waals surface area contributed by atoms with Crippen LogP contribution in [0.1, 0.15) is 19.4 Å². The average Bonchev–Trinajstić information content (AvgIpc) is 2.43. The topological polar surface area (TPSA) is 12.5 Å². The highest BCUT2D eigenvalue weighted by molar-refractivity contribution is 5.87. The summed E-state index contributed by atoms with van der Waals surface area (Å²) in [4.78, 5) is 2.37. The molecule has 0 N–H and O–H groups in total. The molecule has 2 aromatic rings. The molecule has 0 aliphatic heterocycles. The molecule has 0 aromatic heterocycles. The van der Waals surface area contributed by atoms with Gasteiger partial charge in [0.2, 0.25) is 0 Å². The Labute approximate surface area is 116 Å². The summed E-state index contributed by atoms with van der Waals surface area (Å²) in [5.41, 5.74) is 1.36. The lowest BCUT2D eigenvalue weighted by atomic mass is 10.0. The van der Waals surface area contributed by atoms with E-state index in [1.165, 1.54) is 16.3 Å². The van der Waals surface area contributed by atoms with Crippen LogP contribution in [0.5, 0.6) is 5.75 Å². The average molecular weight is 257 g/mol. The number of hydrogen-bond donors (Lipinski definition) is 0. The number of ether oxygens (including phenoxy) is 1. The first-order valence-electron chi connectivity index (χ1n) is 6.87. The zero-order chi connectivity index (χ0) is 13.8. The minimum atomic E-state index is 0.580. The highest BCUT2D eigenvalue weighted by Crippen LogP contribution is 2.25. The van der Waals surface area contributed by atoms with E-state index in [-0.39, 0.29) is 0 Å². The molecule has 2 nitrogen and oxygen atoms in total. The second-order valence-corrected chi connectivity index (χ2v) is 5.33. The van der Waals surface area contributed by atoms with Gasteiger partial charge in [-0.05, 0) is 55.8 Å². The maximum atomic E-state index is 5.40. The van der Waals surface area contributed by atoms with Crippen LogP contribution >= 0.6 is 0 Å². The smallest absolute Gasteiger partial charge is 0.119 e. The van der Waals surface area contributed by atoms with E-state index in [9.17, 15) is 0 Å². The van der Waals surface area contributed by atoms with E-state index in [4.69, 9.17) is 4.74 Å². The van der Waals surface area contributed by atoms with Gasteiger partial charge in [-0.25, -0.2) is 0 Å². The van der Waals surface area contributed by atoms with Crippen molar-refractivity contribution in [2.75, 3.05) is 20.7 Å². The van der Waals surface area contributed by atoms with Gasteiger partial charge >= 0.3 is 0 Å². The van der Waals surface area contributed by atoms with Gasteiger partial charge in [0, 0.05) is 12.6 Å². The van der Waals surface area contributed by atoms with Gasteiger partial charge in [-0.15, -0.1) is 0 Å². The molecule has 2 rings (SSSR count). The number of hydrogen-bond acceptors (Lipinski definition) is 2. The minimum Gasteiger partial charge on any atom is -0.497 e. The van der Waals surface area contributed by atoms with Gasteiger partial charge in [0.25, 0.3) is 0 Å². The van der Waals surface area contributed by atoms with E-state index in [1.54, 1.807) is 7.11 Å². The lowest BCUT2D eigenvalue weighted by molar-refractivity contribution is 0.277. The van der Waals surface area contributed by atoms with Crippen molar-refractivity contribution in [2.45, 2.75) is 26.3 Å². The fourth-order valence-corrected chi connectivity index (χ4v) is 2.24. The molecule has 0 saturated carbocycles. The third-order valence-corrected chi connectivity index (χ3v) is 3.77. The summed E-state index contributed by atoms with van der Waals surface area (Å²) in [7, 11) is 3.90. The predicted octanol–water partition coefficient (Wildman–Crippen LogP) is 3.73. The number of rotatable bonds is 5. The molecule has 0 aliphatic carbocycles. The van der Waals surface area contributed by atoms with E-state index < -0.39 is 0 Å². The third kappa shape index (κ3) is 3.27. The molecular weight excluding hydrogens is 234 g/mol. The molecule has 0 bridgehead atoms. The first kappa shape index (κ1) is 13.9. The van der Waals surface area contributed by atoms with E-state index in [2.05, 4.69) is 62.2 Å². The Balaban J connectivity index is 2.30. The van der Waals surface area contributed by atoms with E-state index in [1.807, 2.05) is 0 Å². The van der Waals surface area contributed by atoms with Crippen molar-refractivity contribution in [3.8, 4) is 5.75 Å². The predicted molar refractivity (Wildman–Crippen MR) is 82.0 cm³/mol. The molecule has 0 heterocycles. The third-order valence-electron chi connectivity index (χ3n) is 3.77. The first-order valence-corrected chi connectivity index (χ1v) is 6.87. The van der Waals surface area contributed by atoms with Gasteiger partial charge in [0.1, 0.15) is 5.75 Å². The molecular formula is C17H23NO. The number of methoxy groups -OCH3 is 1. The van der Waals surface area contributed by atoms with Crippen molar-refractivity contribution < 1.29 is 4.74 Å². The van der Waals surface area contributed by atoms with Crippen LogP contribution < -0.4 is 4.74 Å². The van der Waals surface area contributed by atoms with Gasteiger partial charge < -0.3 is 9.64 Å². The molecule has 2 aromatic carbocycles. The fourth-order valence-electron chi connectivity index (χ4n) is 2.24. The van der Waals surface area contributed by atoms with Crippen molar-refractivity contribution >= 4 is 10.8 Å². The molecule has 0 unspecified atom stereocenters. The van der Waals surface area contributed by atoms with Crippen molar-refractivity contribution in [1.29, 1.82) is 0 Å². The summed E-state index contributed by atoms with van der Waals surface area (Å²) in [6, 6.07) is 13.4. The lowest BCUT2D eigenvalue weighted by Crippen LogP contribution is -2.28. The molecule has 0 radical (unpaired) electrons. The second kappa shape index (κ2) is 6.07. The summed E-state index contributed by atoms with van der Waals surface area (Å²) in [5.74, 6) is 0.945. The summed E-state index contributed by atoms with van der Waals surface area (Å²) in [6.45, 7) is 5.52. The van der Waals surface area contributed by atoms with Gasteiger partial charge in [-0.1, -0.05) is 24.3 Å². The van der Waals surface area contributed by atoms with Crippen molar-refractivity contribution in [1.82, 2.24) is 4.90 Å². The van der Waals surface area contributed by atoms with Gasteiger partial charge in [0.15, 0.2) is 0 Å². The van der Waals surface area contributed by atoms with Crippen LogP contribution in [0.25, 0.3) is 10.8 Å². The molecule has 19 heavy (non-hydrogen) atoms. The van der Waals surface area contributed by atoms with Crippen molar-refractivity contribution in [3.05, 3.63) is 42.0 Å². The largest absolute Gasteiger partial charge is 0.497 e. The Hall–Kier alpha value is -1.54. The zero-order valence-electron chi connectivity index (χ0n) is 12.3. The van der Waals surface area contributed by atoms with Crippen LogP contribution in [0.15, 0.2) is 36.4 Å². The maximum Gasteiger partial charge on any atom is 0.119 e. The van der Waals surface area contributed by atoms with E-state index in [0.717, 1.165) is 18.7 Å². The van der Waals surface area contributed by atoms with Crippen molar-refractivity contribution in [3.63, 3.8) is 0 Å². The molecule has 0 aliphatic rings. The van der Waals surface area contributed by atoms with Crippen LogP contribution in [0.3, 0.4) is 0 Å². The van der Waals surface area contributed by atoms with Crippen LogP contribution in [-0.4, -0.2) is 31.6 Å². The molecule has 0 saturated heterocycles. The second-order valence-electron chi connectivity index (χ2n) is 5.33. The van der Waals surface area contributed by atoms with Crippen LogP contribution in [0.4, 0.5) is 0 Å². The number of likely N-dealkylation sites (N-methyl/N-ethyl adjacent to an activating group) is 1. The van der Waals surface area contributed by atoms with Crippen LogP contribution in [0, 0.1) is 0 Å². The SMILES string of the molecule is COc1cc(CCN(C)C(C)C)c2ccccc2c1. The number of benzene rings is 2. The van der Waals surface area contributed by atoms with E-state index >= 15 is 0 Å². The molecule has 0 amide bonds. The van der Waals surface area contributed by atoms with Gasteiger partial charge in [-0.2, -0.15) is 0 Å². The van der Waals surface area contributed by atoms with Gasteiger partial charge in [0.05, 0.1) is 7.11 Å². The lowest BCUT2D eigenvalue weighted by Gasteiger charge is -2.21. The number of nitrogens with zero attached hydrogens (tertiary/aromatic N) is 1. The van der Waals surface area contributed by atoms with Gasteiger partial charge in [-0.3, -0.25) is 0 Å². The van der Waals surface area contributed by atoms with Crippen LogP contribution in [0.2, 0.25) is 0 Å². The standard InChI is InChI=1S/C17H23NO/c1-13(2)18(3)10-9-15-12-16(19-4)11-14-7-5-6-8-17(14)15/h5-8,11-13H,9-10H2,1-4H3. The summed E-state index contributed by atoms with van der Waals surface area (Å²) in [5, 5.41) is 2.59. The molecule has 0 atom stereocenters. The number of fused-ring (bicyclic) bond motifs is 1. The summed E-state index contributed by atoms with van der Waals surface area (Å²) in [6.07, 6.45) is 1.05. The molecule has 2 heteroatoms. The Bertz CT molecular complexity index is 548. The Morgan fingerprint density at radius 1 is 1.16 bits per heavy atom.